The van der Waals surface area contributed by atoms with E-state index >= 15 is 0 Å². The van der Waals surface area contributed by atoms with Crippen molar-refractivity contribution in [2.75, 3.05) is 13.2 Å². The number of para-hydroxylation sites is 1. The number of carbonyl (C=O) groups is 1. The standard InChI is InChI=1S/C18H21N3O2/c1-2-3-10-21(12-17-19-8-9-20-17)18(22)15-11-14-6-4-5-7-16(14)23-13-15/h4-9,11H,2-3,10,12-13H2,1H3,(H,19,20). The first-order valence-corrected chi connectivity index (χ1v) is 7.98. The van der Waals surface area contributed by atoms with Crippen molar-refractivity contribution in [3.05, 3.63) is 53.6 Å². The maximum absolute atomic E-state index is 12.9. The van der Waals surface area contributed by atoms with E-state index in [0.717, 1.165) is 36.5 Å². The molecular weight excluding hydrogens is 290 g/mol. The summed E-state index contributed by atoms with van der Waals surface area (Å²) in [4.78, 5) is 22.0. The van der Waals surface area contributed by atoms with E-state index in [1.54, 1.807) is 12.4 Å². The monoisotopic (exact) mass is 311 g/mol. The van der Waals surface area contributed by atoms with E-state index in [1.165, 1.54) is 0 Å². The summed E-state index contributed by atoms with van der Waals surface area (Å²) in [5, 5.41) is 0. The Labute approximate surface area is 136 Å². The molecule has 3 rings (SSSR count). The van der Waals surface area contributed by atoms with Crippen LogP contribution in [0.1, 0.15) is 31.2 Å². The van der Waals surface area contributed by atoms with Crippen LogP contribution in [0.15, 0.2) is 42.2 Å². The van der Waals surface area contributed by atoms with Gasteiger partial charge in [0.05, 0.1) is 12.1 Å². The first-order valence-electron chi connectivity index (χ1n) is 7.98. The Morgan fingerprint density at radius 2 is 2.26 bits per heavy atom. The third kappa shape index (κ3) is 3.62. The molecule has 5 heteroatoms. The predicted octanol–water partition coefficient (Wildman–Crippen LogP) is 3.01. The average Bonchev–Trinajstić information content (AvgIpc) is 3.10. The molecule has 0 fully saturated rings. The van der Waals surface area contributed by atoms with Crippen molar-refractivity contribution in [3.8, 4) is 5.75 Å². The molecule has 1 N–H and O–H groups in total. The molecule has 2 aromatic rings. The van der Waals surface area contributed by atoms with Crippen LogP contribution in [0.3, 0.4) is 0 Å². The van der Waals surface area contributed by atoms with E-state index in [4.69, 9.17) is 4.74 Å². The second-order valence-corrected chi connectivity index (χ2v) is 5.61. The summed E-state index contributed by atoms with van der Waals surface area (Å²) in [5.41, 5.74) is 1.64. The zero-order valence-electron chi connectivity index (χ0n) is 13.3. The fraction of sp³-hybridized carbons (Fsp3) is 0.333. The van der Waals surface area contributed by atoms with Crippen molar-refractivity contribution >= 4 is 12.0 Å². The SMILES string of the molecule is CCCCN(Cc1ncc[nH]1)C(=O)C1=Cc2ccccc2OC1. The van der Waals surface area contributed by atoms with Gasteiger partial charge in [-0.05, 0) is 18.6 Å². The molecule has 1 aliphatic heterocycles. The lowest BCUT2D eigenvalue weighted by atomic mass is 10.1. The number of aromatic amines is 1. The summed E-state index contributed by atoms with van der Waals surface area (Å²) >= 11 is 0. The van der Waals surface area contributed by atoms with Gasteiger partial charge in [-0.2, -0.15) is 0 Å². The number of aromatic nitrogens is 2. The number of hydrogen-bond donors (Lipinski definition) is 1. The average molecular weight is 311 g/mol. The van der Waals surface area contributed by atoms with E-state index in [0.29, 0.717) is 18.7 Å². The lowest BCUT2D eigenvalue weighted by molar-refractivity contribution is -0.128. The number of fused-ring (bicyclic) bond motifs is 1. The van der Waals surface area contributed by atoms with Gasteiger partial charge >= 0.3 is 0 Å². The number of ether oxygens (including phenoxy) is 1. The van der Waals surface area contributed by atoms with Crippen LogP contribution in [0.5, 0.6) is 5.75 Å². The molecule has 0 saturated heterocycles. The van der Waals surface area contributed by atoms with Gasteiger partial charge in [0.1, 0.15) is 18.2 Å². The topological polar surface area (TPSA) is 58.2 Å². The summed E-state index contributed by atoms with van der Waals surface area (Å²) in [5.74, 6) is 1.65. The summed E-state index contributed by atoms with van der Waals surface area (Å²) in [6.07, 6.45) is 7.42. The van der Waals surface area contributed by atoms with Crippen LogP contribution in [0, 0.1) is 0 Å². The van der Waals surface area contributed by atoms with Gasteiger partial charge in [0.2, 0.25) is 0 Å². The number of nitrogens with one attached hydrogen (secondary N) is 1. The number of amides is 1. The predicted molar refractivity (Wildman–Crippen MR) is 88.8 cm³/mol. The zero-order valence-corrected chi connectivity index (χ0v) is 13.3. The fourth-order valence-electron chi connectivity index (χ4n) is 2.61. The Bertz CT molecular complexity index is 692. The molecule has 120 valence electrons. The van der Waals surface area contributed by atoms with Gasteiger partial charge in [0, 0.05) is 24.5 Å². The highest BCUT2D eigenvalue weighted by Crippen LogP contribution is 2.26. The van der Waals surface area contributed by atoms with Crippen molar-refractivity contribution in [3.63, 3.8) is 0 Å². The molecule has 1 aromatic heterocycles. The minimum absolute atomic E-state index is 0.0179. The Kier molecular flexibility index (Phi) is 4.76. The largest absolute Gasteiger partial charge is 0.488 e. The Morgan fingerprint density at radius 3 is 3.04 bits per heavy atom. The molecule has 0 saturated carbocycles. The third-order valence-electron chi connectivity index (χ3n) is 3.87. The second kappa shape index (κ2) is 7.13. The number of benzene rings is 1. The zero-order chi connectivity index (χ0) is 16.1. The molecule has 1 amide bonds. The quantitative estimate of drug-likeness (QED) is 0.892. The smallest absolute Gasteiger partial charge is 0.253 e. The van der Waals surface area contributed by atoms with E-state index in [1.807, 2.05) is 35.2 Å². The van der Waals surface area contributed by atoms with Gasteiger partial charge in [-0.15, -0.1) is 0 Å². The molecule has 23 heavy (non-hydrogen) atoms. The molecule has 0 spiro atoms. The number of H-pyrrole nitrogens is 1. The van der Waals surface area contributed by atoms with Crippen molar-refractivity contribution in [1.29, 1.82) is 0 Å². The molecule has 0 bridgehead atoms. The van der Waals surface area contributed by atoms with Crippen LogP contribution >= 0.6 is 0 Å². The van der Waals surface area contributed by atoms with Crippen LogP contribution in [0.4, 0.5) is 0 Å². The third-order valence-corrected chi connectivity index (χ3v) is 3.87. The van der Waals surface area contributed by atoms with Gasteiger partial charge < -0.3 is 14.6 Å². The lowest BCUT2D eigenvalue weighted by Gasteiger charge is -2.25. The molecule has 0 atom stereocenters. The normalized spacial score (nSPS) is 13.0. The molecule has 0 radical (unpaired) electrons. The molecule has 0 unspecified atom stereocenters. The van der Waals surface area contributed by atoms with Crippen LogP contribution in [-0.4, -0.2) is 33.9 Å². The number of imidazole rings is 1. The number of carbonyl (C=O) groups excluding carboxylic acids is 1. The fourth-order valence-corrected chi connectivity index (χ4v) is 2.61. The summed E-state index contributed by atoms with van der Waals surface area (Å²) in [7, 11) is 0. The first-order chi connectivity index (χ1) is 11.3. The maximum atomic E-state index is 12.9. The molecule has 1 aliphatic rings. The van der Waals surface area contributed by atoms with E-state index in [-0.39, 0.29) is 5.91 Å². The summed E-state index contributed by atoms with van der Waals surface area (Å²) in [6.45, 7) is 3.64. The van der Waals surface area contributed by atoms with Crippen LogP contribution in [-0.2, 0) is 11.3 Å². The van der Waals surface area contributed by atoms with Gasteiger partial charge in [-0.1, -0.05) is 31.5 Å². The molecule has 0 aliphatic carbocycles. The maximum Gasteiger partial charge on any atom is 0.253 e. The first kappa shape index (κ1) is 15.3. The van der Waals surface area contributed by atoms with Gasteiger partial charge in [0.15, 0.2) is 0 Å². The minimum Gasteiger partial charge on any atom is -0.488 e. The van der Waals surface area contributed by atoms with Gasteiger partial charge in [0.25, 0.3) is 5.91 Å². The molecule has 5 nitrogen and oxygen atoms in total. The highest BCUT2D eigenvalue weighted by molar-refractivity contribution is 5.99. The Morgan fingerprint density at radius 1 is 1.39 bits per heavy atom. The van der Waals surface area contributed by atoms with Crippen LogP contribution in [0.25, 0.3) is 6.08 Å². The van der Waals surface area contributed by atoms with Crippen molar-refractivity contribution in [1.82, 2.24) is 14.9 Å². The van der Waals surface area contributed by atoms with Crippen LogP contribution in [0.2, 0.25) is 0 Å². The lowest BCUT2D eigenvalue weighted by Crippen LogP contribution is -2.35. The van der Waals surface area contributed by atoms with Crippen molar-refractivity contribution in [2.24, 2.45) is 0 Å². The van der Waals surface area contributed by atoms with E-state index < -0.39 is 0 Å². The van der Waals surface area contributed by atoms with Crippen LogP contribution < -0.4 is 4.74 Å². The number of nitrogens with zero attached hydrogens (tertiary/aromatic N) is 2. The van der Waals surface area contributed by atoms with Crippen molar-refractivity contribution < 1.29 is 9.53 Å². The highest BCUT2D eigenvalue weighted by Gasteiger charge is 2.22. The molecular formula is C18H21N3O2. The molecule has 2 heterocycles. The summed E-state index contributed by atoms with van der Waals surface area (Å²) in [6, 6.07) is 7.77. The number of hydrogen-bond acceptors (Lipinski definition) is 3. The summed E-state index contributed by atoms with van der Waals surface area (Å²) < 4.78 is 5.71. The van der Waals surface area contributed by atoms with E-state index in [2.05, 4.69) is 16.9 Å². The number of unbranched alkanes of at least 4 members (excludes halogenated alkanes) is 1. The van der Waals surface area contributed by atoms with Gasteiger partial charge in [-0.3, -0.25) is 4.79 Å². The van der Waals surface area contributed by atoms with Gasteiger partial charge in [-0.25, -0.2) is 4.98 Å². The number of rotatable bonds is 6. The minimum atomic E-state index is 0.0179. The Balaban J connectivity index is 1.79. The Hall–Kier alpha value is -2.56. The van der Waals surface area contributed by atoms with Crippen molar-refractivity contribution in [2.45, 2.75) is 26.3 Å². The second-order valence-electron chi connectivity index (χ2n) is 5.61. The van der Waals surface area contributed by atoms with E-state index in [9.17, 15) is 4.79 Å². The highest BCUT2D eigenvalue weighted by atomic mass is 16.5. The molecule has 1 aromatic carbocycles.